The van der Waals surface area contributed by atoms with Crippen molar-refractivity contribution in [3.63, 3.8) is 0 Å². The molecule has 1 aliphatic rings. The topological polar surface area (TPSA) is 26.3 Å². The molecule has 1 fully saturated rings. The van der Waals surface area contributed by atoms with Crippen molar-refractivity contribution in [3.05, 3.63) is 0 Å². The van der Waals surface area contributed by atoms with Gasteiger partial charge in [0.05, 0.1) is 5.92 Å². The Morgan fingerprint density at radius 1 is 1.06 bits per heavy atom. The summed E-state index contributed by atoms with van der Waals surface area (Å²) < 4.78 is 5.39. The fourth-order valence-electron chi connectivity index (χ4n) is 2.38. The summed E-state index contributed by atoms with van der Waals surface area (Å²) >= 11 is 0. The van der Waals surface area contributed by atoms with Crippen LogP contribution in [0.1, 0.15) is 71.6 Å². The summed E-state index contributed by atoms with van der Waals surface area (Å²) in [5.41, 5.74) is 0. The zero-order chi connectivity index (χ0) is 11.8. The Hall–Kier alpha value is -0.530. The zero-order valence-corrected chi connectivity index (χ0v) is 10.8. The van der Waals surface area contributed by atoms with Gasteiger partial charge in [0.25, 0.3) is 0 Å². The number of hydrogen-bond acceptors (Lipinski definition) is 2. The lowest BCUT2D eigenvalue weighted by Crippen LogP contribution is -2.07. The van der Waals surface area contributed by atoms with Crippen molar-refractivity contribution >= 4 is 5.97 Å². The molecule has 1 aliphatic heterocycles. The molecule has 16 heavy (non-hydrogen) atoms. The van der Waals surface area contributed by atoms with E-state index in [1.807, 2.05) is 0 Å². The van der Waals surface area contributed by atoms with Gasteiger partial charge in [0.2, 0.25) is 0 Å². The highest BCUT2D eigenvalue weighted by Crippen LogP contribution is 2.28. The van der Waals surface area contributed by atoms with Crippen molar-refractivity contribution in [1.29, 1.82) is 0 Å². The molecule has 0 spiro atoms. The molecule has 0 aliphatic carbocycles. The molecule has 2 heteroatoms. The molecular weight excluding hydrogens is 200 g/mol. The second-order valence-corrected chi connectivity index (χ2v) is 4.98. The molecule has 94 valence electrons. The van der Waals surface area contributed by atoms with Gasteiger partial charge in [-0.15, -0.1) is 0 Å². The van der Waals surface area contributed by atoms with E-state index < -0.39 is 0 Å². The summed E-state index contributed by atoms with van der Waals surface area (Å²) in [6, 6.07) is 0. The van der Waals surface area contributed by atoms with Crippen molar-refractivity contribution in [3.8, 4) is 0 Å². The lowest BCUT2D eigenvalue weighted by Gasteiger charge is -2.06. The number of esters is 1. The lowest BCUT2D eigenvalue weighted by molar-refractivity contribution is -0.144. The summed E-state index contributed by atoms with van der Waals surface area (Å²) in [5, 5.41) is 0. The highest BCUT2D eigenvalue weighted by atomic mass is 16.5. The molecule has 1 heterocycles. The van der Waals surface area contributed by atoms with Gasteiger partial charge in [-0.3, -0.25) is 4.79 Å². The molecule has 2 atom stereocenters. The molecule has 2 unspecified atom stereocenters. The molecule has 1 saturated heterocycles. The molecular formula is C14H26O2. The molecule has 0 radical (unpaired) electrons. The molecule has 0 bridgehead atoms. The van der Waals surface area contributed by atoms with Crippen LogP contribution < -0.4 is 0 Å². The van der Waals surface area contributed by atoms with Gasteiger partial charge in [-0.1, -0.05) is 52.4 Å². The third kappa shape index (κ3) is 4.54. The van der Waals surface area contributed by atoms with Gasteiger partial charge in [-0.2, -0.15) is 0 Å². The SMILES string of the molecule is CCCCCCC1CC(CCCC)OC1=O. The van der Waals surface area contributed by atoms with E-state index in [9.17, 15) is 4.79 Å². The number of rotatable bonds is 8. The molecule has 1 rings (SSSR count). The van der Waals surface area contributed by atoms with Gasteiger partial charge in [0.15, 0.2) is 0 Å². The van der Waals surface area contributed by atoms with Crippen molar-refractivity contribution in [2.75, 3.05) is 0 Å². The Morgan fingerprint density at radius 2 is 1.81 bits per heavy atom. The van der Waals surface area contributed by atoms with Crippen molar-refractivity contribution in [2.45, 2.75) is 77.7 Å². The second-order valence-electron chi connectivity index (χ2n) is 4.98. The van der Waals surface area contributed by atoms with E-state index in [-0.39, 0.29) is 18.0 Å². The maximum Gasteiger partial charge on any atom is 0.309 e. The Bertz CT molecular complexity index is 201. The van der Waals surface area contributed by atoms with Crippen LogP contribution in [0.4, 0.5) is 0 Å². The minimum atomic E-state index is 0.0672. The van der Waals surface area contributed by atoms with E-state index >= 15 is 0 Å². The molecule has 2 nitrogen and oxygen atoms in total. The number of cyclic esters (lactones) is 1. The number of ether oxygens (including phenoxy) is 1. The average Bonchev–Trinajstić information content (AvgIpc) is 2.63. The van der Waals surface area contributed by atoms with E-state index in [2.05, 4.69) is 13.8 Å². The molecule has 0 amide bonds. The second kappa shape index (κ2) is 7.70. The monoisotopic (exact) mass is 226 g/mol. The van der Waals surface area contributed by atoms with E-state index in [0.717, 1.165) is 19.3 Å². The Kier molecular flexibility index (Phi) is 6.51. The van der Waals surface area contributed by atoms with Gasteiger partial charge in [-0.25, -0.2) is 0 Å². The van der Waals surface area contributed by atoms with Crippen LogP contribution in [0.15, 0.2) is 0 Å². The first kappa shape index (κ1) is 13.5. The van der Waals surface area contributed by atoms with Gasteiger partial charge < -0.3 is 4.74 Å². The minimum absolute atomic E-state index is 0.0672. The molecule has 0 aromatic heterocycles. The first-order valence-electron chi connectivity index (χ1n) is 6.98. The predicted octanol–water partition coefficient (Wildman–Crippen LogP) is 4.08. The van der Waals surface area contributed by atoms with Crippen LogP contribution in [-0.4, -0.2) is 12.1 Å². The quantitative estimate of drug-likeness (QED) is 0.460. The third-order valence-corrected chi connectivity index (χ3v) is 3.45. The van der Waals surface area contributed by atoms with Gasteiger partial charge in [0.1, 0.15) is 6.10 Å². The van der Waals surface area contributed by atoms with Gasteiger partial charge in [0, 0.05) is 0 Å². The summed E-state index contributed by atoms with van der Waals surface area (Å²) in [4.78, 5) is 11.6. The number of carbonyl (C=O) groups excluding carboxylic acids is 1. The van der Waals surface area contributed by atoms with Crippen LogP contribution >= 0.6 is 0 Å². The highest BCUT2D eigenvalue weighted by molar-refractivity contribution is 5.74. The van der Waals surface area contributed by atoms with Crippen LogP contribution in [0.5, 0.6) is 0 Å². The van der Waals surface area contributed by atoms with E-state index in [0.29, 0.717) is 0 Å². The molecule has 0 saturated carbocycles. The van der Waals surface area contributed by atoms with Gasteiger partial charge in [-0.05, 0) is 19.3 Å². The number of carbonyl (C=O) groups is 1. The smallest absolute Gasteiger partial charge is 0.309 e. The van der Waals surface area contributed by atoms with Crippen LogP contribution in [0.3, 0.4) is 0 Å². The first-order valence-corrected chi connectivity index (χ1v) is 6.98. The normalized spacial score (nSPS) is 24.8. The first-order chi connectivity index (χ1) is 7.77. The fourth-order valence-corrected chi connectivity index (χ4v) is 2.38. The van der Waals surface area contributed by atoms with Gasteiger partial charge >= 0.3 is 5.97 Å². The fraction of sp³-hybridized carbons (Fsp3) is 0.929. The largest absolute Gasteiger partial charge is 0.462 e. The van der Waals surface area contributed by atoms with E-state index in [4.69, 9.17) is 4.74 Å². The Labute approximate surface area is 99.8 Å². The summed E-state index contributed by atoms with van der Waals surface area (Å²) in [6.45, 7) is 4.39. The minimum Gasteiger partial charge on any atom is -0.462 e. The summed E-state index contributed by atoms with van der Waals surface area (Å²) in [6.07, 6.45) is 10.7. The summed E-state index contributed by atoms with van der Waals surface area (Å²) in [5.74, 6) is 0.274. The average molecular weight is 226 g/mol. The Balaban J connectivity index is 2.15. The van der Waals surface area contributed by atoms with Crippen LogP contribution in [0.2, 0.25) is 0 Å². The maximum atomic E-state index is 11.6. The van der Waals surface area contributed by atoms with Crippen molar-refractivity contribution < 1.29 is 9.53 Å². The lowest BCUT2D eigenvalue weighted by atomic mass is 9.96. The van der Waals surface area contributed by atoms with Crippen molar-refractivity contribution in [2.24, 2.45) is 5.92 Å². The van der Waals surface area contributed by atoms with E-state index in [1.54, 1.807) is 0 Å². The standard InChI is InChI=1S/C14H26O2/c1-3-5-7-8-9-12-11-13(10-6-4-2)16-14(12)15/h12-13H,3-11H2,1-2H3. The van der Waals surface area contributed by atoms with Crippen LogP contribution in [0.25, 0.3) is 0 Å². The highest BCUT2D eigenvalue weighted by Gasteiger charge is 2.33. The molecule has 0 aromatic carbocycles. The molecule has 0 N–H and O–H groups in total. The number of unbranched alkanes of at least 4 members (excludes halogenated alkanes) is 4. The Morgan fingerprint density at radius 3 is 2.50 bits per heavy atom. The molecule has 0 aromatic rings. The maximum absolute atomic E-state index is 11.6. The van der Waals surface area contributed by atoms with Crippen LogP contribution in [0, 0.1) is 5.92 Å². The van der Waals surface area contributed by atoms with Crippen molar-refractivity contribution in [1.82, 2.24) is 0 Å². The zero-order valence-electron chi connectivity index (χ0n) is 10.8. The predicted molar refractivity (Wildman–Crippen MR) is 66.3 cm³/mol. The van der Waals surface area contributed by atoms with Crippen LogP contribution in [-0.2, 0) is 9.53 Å². The van der Waals surface area contributed by atoms with E-state index in [1.165, 1.54) is 38.5 Å². The summed E-state index contributed by atoms with van der Waals surface area (Å²) in [7, 11) is 0. The third-order valence-electron chi connectivity index (χ3n) is 3.45. The number of hydrogen-bond donors (Lipinski definition) is 0.